The predicted octanol–water partition coefficient (Wildman–Crippen LogP) is 2.39. The summed E-state index contributed by atoms with van der Waals surface area (Å²) in [5, 5.41) is 4.25. The second kappa shape index (κ2) is 4.10. The number of halogens is 2. The molecule has 1 aliphatic carbocycles. The van der Waals surface area contributed by atoms with Gasteiger partial charge in [0.2, 0.25) is 0 Å². The lowest BCUT2D eigenvalue weighted by Gasteiger charge is -2.13. The Labute approximate surface area is 101 Å². The number of pyridine rings is 1. The van der Waals surface area contributed by atoms with E-state index >= 15 is 0 Å². The highest BCUT2D eigenvalue weighted by Crippen LogP contribution is 2.37. The highest BCUT2D eigenvalue weighted by molar-refractivity contribution is 9.09. The van der Waals surface area contributed by atoms with Gasteiger partial charge in [-0.3, -0.25) is 9.78 Å². The summed E-state index contributed by atoms with van der Waals surface area (Å²) in [7, 11) is 0. The molecule has 1 aromatic rings. The van der Waals surface area contributed by atoms with Crippen LogP contribution in [-0.4, -0.2) is 21.8 Å². The van der Waals surface area contributed by atoms with Crippen LogP contribution in [0, 0.1) is 0 Å². The van der Waals surface area contributed by atoms with E-state index in [9.17, 15) is 4.79 Å². The fraction of sp³-hybridized carbons (Fsp3) is 0.400. The van der Waals surface area contributed by atoms with Crippen LogP contribution in [0.3, 0.4) is 0 Å². The summed E-state index contributed by atoms with van der Waals surface area (Å²) in [5.41, 5.74) is 0.467. The molecule has 1 heterocycles. The molecule has 1 N–H and O–H groups in total. The van der Waals surface area contributed by atoms with Gasteiger partial charge in [0.05, 0.1) is 16.1 Å². The fourth-order valence-electron chi connectivity index (χ4n) is 1.29. The smallest absolute Gasteiger partial charge is 0.253 e. The van der Waals surface area contributed by atoms with Crippen LogP contribution in [-0.2, 0) is 0 Å². The van der Waals surface area contributed by atoms with Crippen molar-refractivity contribution in [3.63, 3.8) is 0 Å². The molecule has 1 saturated carbocycles. The Bertz CT molecular complexity index is 393. The Morgan fingerprint density at radius 1 is 1.60 bits per heavy atom. The molecule has 2 rings (SSSR count). The van der Waals surface area contributed by atoms with Gasteiger partial charge in [0, 0.05) is 17.7 Å². The summed E-state index contributed by atoms with van der Waals surface area (Å²) < 4.78 is 0. The first-order valence-corrected chi connectivity index (χ1v) is 6.14. The molecule has 0 unspecified atom stereocenters. The number of amides is 1. The standard InChI is InChI=1S/C10H10BrClN2O/c11-6-10(1-2-10)14-9(15)7-3-8(12)5-13-4-7/h3-5H,1-2,6H2,(H,14,15). The van der Waals surface area contributed by atoms with Gasteiger partial charge in [0.15, 0.2) is 0 Å². The summed E-state index contributed by atoms with van der Waals surface area (Å²) in [6, 6.07) is 1.62. The second-order valence-electron chi connectivity index (χ2n) is 3.76. The first kappa shape index (κ1) is 10.9. The van der Waals surface area contributed by atoms with Gasteiger partial charge in [-0.25, -0.2) is 0 Å². The Morgan fingerprint density at radius 3 is 2.87 bits per heavy atom. The molecule has 15 heavy (non-hydrogen) atoms. The average Bonchev–Trinajstić information content (AvgIpc) is 2.98. The van der Waals surface area contributed by atoms with Crippen molar-refractivity contribution in [1.82, 2.24) is 10.3 Å². The Balaban J connectivity index is 2.08. The highest BCUT2D eigenvalue weighted by Gasteiger charge is 2.42. The number of hydrogen-bond acceptors (Lipinski definition) is 2. The summed E-state index contributed by atoms with van der Waals surface area (Å²) in [4.78, 5) is 15.7. The van der Waals surface area contributed by atoms with E-state index in [2.05, 4.69) is 26.2 Å². The molecule has 1 aliphatic rings. The van der Waals surface area contributed by atoms with Crippen LogP contribution in [0.2, 0.25) is 5.02 Å². The van der Waals surface area contributed by atoms with E-state index in [1.807, 2.05) is 0 Å². The quantitative estimate of drug-likeness (QED) is 0.868. The third-order valence-corrected chi connectivity index (χ3v) is 3.74. The van der Waals surface area contributed by atoms with Crippen molar-refractivity contribution < 1.29 is 4.79 Å². The minimum atomic E-state index is -0.109. The molecule has 0 bridgehead atoms. The zero-order chi connectivity index (χ0) is 10.9. The molecule has 1 fully saturated rings. The van der Waals surface area contributed by atoms with E-state index in [0.29, 0.717) is 10.6 Å². The Kier molecular flexibility index (Phi) is 2.98. The maximum atomic E-state index is 11.8. The Morgan fingerprint density at radius 2 is 2.33 bits per heavy atom. The first-order valence-electron chi connectivity index (χ1n) is 4.64. The minimum absolute atomic E-state index is 0.0423. The molecule has 80 valence electrons. The van der Waals surface area contributed by atoms with Crippen LogP contribution in [0.4, 0.5) is 0 Å². The SMILES string of the molecule is O=C(NC1(CBr)CC1)c1cncc(Cl)c1. The lowest BCUT2D eigenvalue weighted by molar-refractivity contribution is 0.0936. The van der Waals surface area contributed by atoms with Crippen molar-refractivity contribution in [2.24, 2.45) is 0 Å². The summed E-state index contributed by atoms with van der Waals surface area (Å²) in [6.45, 7) is 0. The van der Waals surface area contributed by atoms with Crippen LogP contribution in [0.25, 0.3) is 0 Å². The van der Waals surface area contributed by atoms with Gasteiger partial charge in [-0.2, -0.15) is 0 Å². The molecule has 0 spiro atoms. The number of aromatic nitrogens is 1. The zero-order valence-corrected chi connectivity index (χ0v) is 10.3. The van der Waals surface area contributed by atoms with Gasteiger partial charge in [0.1, 0.15) is 0 Å². The highest BCUT2D eigenvalue weighted by atomic mass is 79.9. The minimum Gasteiger partial charge on any atom is -0.346 e. The third-order valence-electron chi connectivity index (χ3n) is 2.46. The van der Waals surface area contributed by atoms with E-state index in [0.717, 1.165) is 18.2 Å². The molecular formula is C10H10BrClN2O. The molecule has 0 saturated heterocycles. The number of carbonyl (C=O) groups is 1. The maximum Gasteiger partial charge on any atom is 0.253 e. The van der Waals surface area contributed by atoms with Crippen LogP contribution < -0.4 is 5.32 Å². The molecule has 3 nitrogen and oxygen atoms in total. The molecule has 0 atom stereocenters. The summed E-state index contributed by atoms with van der Waals surface area (Å²) >= 11 is 9.15. The van der Waals surface area contributed by atoms with Gasteiger partial charge in [0.25, 0.3) is 5.91 Å². The van der Waals surface area contributed by atoms with Crippen LogP contribution in [0.1, 0.15) is 23.2 Å². The van der Waals surface area contributed by atoms with Gasteiger partial charge in [-0.05, 0) is 18.9 Å². The van der Waals surface area contributed by atoms with Crippen molar-refractivity contribution in [3.05, 3.63) is 29.0 Å². The van der Waals surface area contributed by atoms with E-state index in [4.69, 9.17) is 11.6 Å². The van der Waals surface area contributed by atoms with E-state index in [1.165, 1.54) is 12.4 Å². The average molecular weight is 290 g/mol. The van der Waals surface area contributed by atoms with Crippen molar-refractivity contribution in [3.8, 4) is 0 Å². The first-order chi connectivity index (χ1) is 7.15. The molecule has 0 radical (unpaired) electrons. The predicted molar refractivity (Wildman–Crippen MR) is 62.5 cm³/mol. The number of carbonyl (C=O) groups excluding carboxylic acids is 1. The van der Waals surface area contributed by atoms with Gasteiger partial charge in [-0.1, -0.05) is 27.5 Å². The molecule has 1 aromatic heterocycles. The number of alkyl halides is 1. The summed E-state index contributed by atoms with van der Waals surface area (Å²) in [5.74, 6) is -0.109. The lowest BCUT2D eigenvalue weighted by atomic mass is 10.2. The normalized spacial score (nSPS) is 17.2. The maximum absolute atomic E-state index is 11.8. The van der Waals surface area contributed by atoms with Crippen molar-refractivity contribution in [2.75, 3.05) is 5.33 Å². The van der Waals surface area contributed by atoms with Crippen molar-refractivity contribution >= 4 is 33.4 Å². The Hall–Kier alpha value is -0.610. The molecule has 0 aliphatic heterocycles. The van der Waals surface area contributed by atoms with Crippen molar-refractivity contribution in [1.29, 1.82) is 0 Å². The van der Waals surface area contributed by atoms with Crippen LogP contribution >= 0.6 is 27.5 Å². The summed E-state index contributed by atoms with van der Waals surface area (Å²) in [6.07, 6.45) is 5.08. The van der Waals surface area contributed by atoms with Crippen molar-refractivity contribution in [2.45, 2.75) is 18.4 Å². The van der Waals surface area contributed by atoms with Gasteiger partial charge < -0.3 is 5.32 Å². The van der Waals surface area contributed by atoms with E-state index in [1.54, 1.807) is 6.07 Å². The van der Waals surface area contributed by atoms with E-state index < -0.39 is 0 Å². The molecular weight excluding hydrogens is 279 g/mol. The largest absolute Gasteiger partial charge is 0.346 e. The lowest BCUT2D eigenvalue weighted by Crippen LogP contribution is -2.38. The van der Waals surface area contributed by atoms with Gasteiger partial charge >= 0.3 is 0 Å². The van der Waals surface area contributed by atoms with Crippen LogP contribution in [0.5, 0.6) is 0 Å². The number of rotatable bonds is 3. The number of hydrogen-bond donors (Lipinski definition) is 1. The monoisotopic (exact) mass is 288 g/mol. The topological polar surface area (TPSA) is 42.0 Å². The molecule has 0 aromatic carbocycles. The molecule has 5 heteroatoms. The third kappa shape index (κ3) is 2.49. The number of nitrogens with zero attached hydrogens (tertiary/aromatic N) is 1. The second-order valence-corrected chi connectivity index (χ2v) is 4.76. The zero-order valence-electron chi connectivity index (χ0n) is 7.96. The van der Waals surface area contributed by atoms with E-state index in [-0.39, 0.29) is 11.4 Å². The van der Waals surface area contributed by atoms with Crippen LogP contribution in [0.15, 0.2) is 18.5 Å². The van der Waals surface area contributed by atoms with Gasteiger partial charge in [-0.15, -0.1) is 0 Å². The fourth-order valence-corrected chi connectivity index (χ4v) is 2.17. The molecule has 1 amide bonds. The number of nitrogens with one attached hydrogen (secondary N) is 1.